The highest BCUT2D eigenvalue weighted by molar-refractivity contribution is 7.17. The second-order valence-electron chi connectivity index (χ2n) is 5.74. The molecule has 3 heterocycles. The number of hydrogen-bond donors (Lipinski definition) is 0. The summed E-state index contributed by atoms with van der Waals surface area (Å²) in [5, 5.41) is 1.91. The fraction of sp³-hybridized carbons (Fsp3) is 0.100. The number of methoxy groups -OCH3 is 1. The molecule has 0 aliphatic carbocycles. The molecule has 4 rings (SSSR count). The lowest BCUT2D eigenvalue weighted by molar-refractivity contribution is 0.105. The lowest BCUT2D eigenvalue weighted by Crippen LogP contribution is -1.91. The van der Waals surface area contributed by atoms with E-state index in [2.05, 4.69) is 13.1 Å². The number of benzene rings is 1. The highest BCUT2D eigenvalue weighted by Crippen LogP contribution is 2.30. The number of carbonyl (C=O) groups excluding carboxylic acids is 1. The summed E-state index contributed by atoms with van der Waals surface area (Å²) >= 11 is 3.08. The number of fused-ring (bicyclic) bond motifs is 1. The first-order valence-electron chi connectivity index (χ1n) is 8.04. The second-order valence-corrected chi connectivity index (χ2v) is 7.90. The van der Waals surface area contributed by atoms with E-state index >= 15 is 0 Å². The molecule has 0 aliphatic heterocycles. The van der Waals surface area contributed by atoms with Crippen LogP contribution in [0.3, 0.4) is 0 Å². The Kier molecular flexibility index (Phi) is 4.44. The predicted molar refractivity (Wildman–Crippen MR) is 107 cm³/mol. The molecule has 0 fully saturated rings. The molecule has 0 atom stereocenters. The van der Waals surface area contributed by atoms with Crippen LogP contribution in [-0.2, 0) is 0 Å². The molecule has 0 amide bonds. The first kappa shape index (κ1) is 16.8. The molecule has 130 valence electrons. The number of thiazole rings is 1. The number of imidazole rings is 1. The zero-order chi connectivity index (χ0) is 18.1. The van der Waals surface area contributed by atoms with Crippen molar-refractivity contribution in [3.8, 4) is 17.0 Å². The molecular formula is C20H16N2O2S2. The minimum absolute atomic E-state index is 0.00239. The first-order chi connectivity index (χ1) is 12.7. The molecule has 0 aliphatic rings. The van der Waals surface area contributed by atoms with Gasteiger partial charge in [0, 0.05) is 16.6 Å². The second kappa shape index (κ2) is 6.90. The topological polar surface area (TPSA) is 43.6 Å². The van der Waals surface area contributed by atoms with E-state index in [1.807, 2.05) is 52.3 Å². The molecule has 3 aromatic heterocycles. The Morgan fingerprint density at radius 1 is 1.23 bits per heavy atom. The van der Waals surface area contributed by atoms with Crippen LogP contribution in [0, 0.1) is 6.92 Å². The van der Waals surface area contributed by atoms with Gasteiger partial charge in [0.25, 0.3) is 0 Å². The molecule has 0 saturated heterocycles. The summed E-state index contributed by atoms with van der Waals surface area (Å²) < 4.78 is 7.27. The molecule has 0 bridgehead atoms. The molecule has 0 N–H and O–H groups in total. The van der Waals surface area contributed by atoms with Gasteiger partial charge in [0.1, 0.15) is 5.75 Å². The van der Waals surface area contributed by atoms with E-state index in [1.54, 1.807) is 24.5 Å². The Hall–Kier alpha value is -2.70. The average molecular weight is 380 g/mol. The van der Waals surface area contributed by atoms with Gasteiger partial charge < -0.3 is 4.74 Å². The normalized spacial score (nSPS) is 11.5. The van der Waals surface area contributed by atoms with Crippen molar-refractivity contribution >= 4 is 39.5 Å². The fourth-order valence-electron chi connectivity index (χ4n) is 2.75. The number of ketones is 1. The van der Waals surface area contributed by atoms with Gasteiger partial charge in [0.2, 0.25) is 0 Å². The average Bonchev–Trinajstić information content (AvgIpc) is 3.36. The highest BCUT2D eigenvalue weighted by Gasteiger charge is 2.15. The molecule has 4 nitrogen and oxygen atoms in total. The molecule has 6 heteroatoms. The summed E-state index contributed by atoms with van der Waals surface area (Å²) in [4.78, 5) is 20.0. The maximum atomic E-state index is 12.4. The maximum Gasteiger partial charge on any atom is 0.195 e. The molecule has 26 heavy (non-hydrogen) atoms. The summed E-state index contributed by atoms with van der Waals surface area (Å²) in [5.74, 6) is 0.804. The Labute approximate surface area is 159 Å². The van der Waals surface area contributed by atoms with Crippen molar-refractivity contribution in [1.82, 2.24) is 9.38 Å². The van der Waals surface area contributed by atoms with Crippen LogP contribution in [0.25, 0.3) is 22.3 Å². The van der Waals surface area contributed by atoms with Gasteiger partial charge in [-0.15, -0.1) is 22.7 Å². The van der Waals surface area contributed by atoms with Crippen molar-refractivity contribution < 1.29 is 9.53 Å². The van der Waals surface area contributed by atoms with E-state index in [-0.39, 0.29) is 5.78 Å². The maximum absolute atomic E-state index is 12.4. The zero-order valence-corrected chi connectivity index (χ0v) is 15.9. The van der Waals surface area contributed by atoms with Crippen molar-refractivity contribution in [2.45, 2.75) is 6.92 Å². The van der Waals surface area contributed by atoms with Crippen LogP contribution in [0.5, 0.6) is 5.75 Å². The van der Waals surface area contributed by atoms with Crippen molar-refractivity contribution in [2.24, 2.45) is 0 Å². The zero-order valence-electron chi connectivity index (χ0n) is 14.3. The molecule has 0 spiro atoms. The van der Waals surface area contributed by atoms with Gasteiger partial charge in [-0.1, -0.05) is 6.07 Å². The van der Waals surface area contributed by atoms with Crippen LogP contribution in [0.15, 0.2) is 54.1 Å². The summed E-state index contributed by atoms with van der Waals surface area (Å²) in [5.41, 5.74) is 2.75. The number of thiophene rings is 1. The molecule has 0 radical (unpaired) electrons. The van der Waals surface area contributed by atoms with Crippen molar-refractivity contribution in [3.63, 3.8) is 0 Å². The summed E-state index contributed by atoms with van der Waals surface area (Å²) in [7, 11) is 1.65. The number of ether oxygens (including phenoxy) is 1. The van der Waals surface area contributed by atoms with Gasteiger partial charge in [-0.05, 0) is 54.8 Å². The first-order valence-corrected chi connectivity index (χ1v) is 9.74. The van der Waals surface area contributed by atoms with Gasteiger partial charge in [0.05, 0.1) is 23.4 Å². The quantitative estimate of drug-likeness (QED) is 0.347. The molecule has 4 aromatic rings. The Morgan fingerprint density at radius 2 is 2.04 bits per heavy atom. The van der Waals surface area contributed by atoms with Crippen LogP contribution < -0.4 is 4.74 Å². The minimum Gasteiger partial charge on any atom is -0.497 e. The van der Waals surface area contributed by atoms with Crippen molar-refractivity contribution in [3.05, 3.63) is 69.5 Å². The van der Waals surface area contributed by atoms with Crippen LogP contribution in [0.4, 0.5) is 0 Å². The molecule has 0 saturated carbocycles. The number of aromatic nitrogens is 2. The van der Waals surface area contributed by atoms with E-state index in [0.29, 0.717) is 0 Å². The number of hydrogen-bond acceptors (Lipinski definition) is 5. The van der Waals surface area contributed by atoms with Gasteiger partial charge in [-0.3, -0.25) is 9.20 Å². The summed E-state index contributed by atoms with van der Waals surface area (Å²) in [6.07, 6.45) is 5.53. The Morgan fingerprint density at radius 3 is 2.73 bits per heavy atom. The van der Waals surface area contributed by atoms with Crippen LogP contribution >= 0.6 is 22.7 Å². The number of rotatable bonds is 5. The van der Waals surface area contributed by atoms with E-state index in [9.17, 15) is 4.79 Å². The van der Waals surface area contributed by atoms with Crippen LogP contribution in [0.1, 0.15) is 20.2 Å². The molecule has 1 aromatic carbocycles. The fourth-order valence-corrected chi connectivity index (χ4v) is 4.23. The predicted octanol–water partition coefficient (Wildman–Crippen LogP) is 5.34. The lowest BCUT2D eigenvalue weighted by Gasteiger charge is -2.03. The smallest absolute Gasteiger partial charge is 0.195 e. The number of nitrogens with zero attached hydrogens (tertiary/aromatic N) is 2. The Balaban J connectivity index is 1.79. The van der Waals surface area contributed by atoms with Gasteiger partial charge in [-0.25, -0.2) is 4.98 Å². The van der Waals surface area contributed by atoms with E-state index < -0.39 is 0 Å². The van der Waals surface area contributed by atoms with Gasteiger partial charge in [-0.2, -0.15) is 0 Å². The molecule has 0 unspecified atom stereocenters. The van der Waals surface area contributed by atoms with E-state index in [4.69, 9.17) is 9.72 Å². The van der Waals surface area contributed by atoms with Gasteiger partial charge in [0.15, 0.2) is 10.7 Å². The minimum atomic E-state index is 0.00239. The summed E-state index contributed by atoms with van der Waals surface area (Å²) in [6, 6.07) is 11.5. The van der Waals surface area contributed by atoms with Crippen LogP contribution in [0.2, 0.25) is 0 Å². The number of carbonyl (C=O) groups is 1. The van der Waals surface area contributed by atoms with E-state index in [0.717, 1.165) is 32.5 Å². The highest BCUT2D eigenvalue weighted by atomic mass is 32.1. The van der Waals surface area contributed by atoms with E-state index in [1.165, 1.54) is 16.2 Å². The van der Waals surface area contributed by atoms with Crippen molar-refractivity contribution in [1.29, 1.82) is 0 Å². The number of aryl methyl sites for hydroxylation is 1. The molecular weight excluding hydrogens is 364 g/mol. The van der Waals surface area contributed by atoms with Crippen LogP contribution in [-0.4, -0.2) is 22.3 Å². The third-order valence-electron chi connectivity index (χ3n) is 4.00. The largest absolute Gasteiger partial charge is 0.497 e. The number of allylic oxidation sites excluding steroid dienone is 1. The third-order valence-corrected chi connectivity index (χ3v) is 5.78. The Bertz CT molecular complexity index is 1090. The standard InChI is InChI=1S/C20H16N2O2S2/c1-13-12-22-16(9-10-17(23)18-4-3-11-25-18)19(21-20(22)26-13)14-5-7-15(24-2)8-6-14/h3-12H,1-2H3/b10-9+. The monoisotopic (exact) mass is 380 g/mol. The lowest BCUT2D eigenvalue weighted by atomic mass is 10.1. The van der Waals surface area contributed by atoms with Crippen molar-refractivity contribution in [2.75, 3.05) is 7.11 Å². The third kappa shape index (κ3) is 3.09. The summed E-state index contributed by atoms with van der Waals surface area (Å²) in [6.45, 7) is 2.05. The van der Waals surface area contributed by atoms with Gasteiger partial charge >= 0.3 is 0 Å². The SMILES string of the molecule is COc1ccc(-c2nc3sc(C)cn3c2/C=C/C(=O)c2cccs2)cc1.